The maximum Gasteiger partial charge on any atom is 0.414 e. The van der Waals surface area contributed by atoms with Crippen LogP contribution in [0.1, 0.15) is 5.69 Å². The zero-order valence-corrected chi connectivity index (χ0v) is 14.4. The standard InChI is InChI=1S/C17H17FN6O3/c1-20-23-16(22-19)15-5-2-10(7-21-15)13-4-3-11(6-14(13)18)24-8-12(9-25)27-17(24)26/h2-7,12,19-20,25H,8-9H2,1H3/b22-19?,23-16-/t12-/m1/s1. The molecule has 3 rings (SSSR count). The Morgan fingerprint density at radius 2 is 2.30 bits per heavy atom. The van der Waals surface area contributed by atoms with Crippen LogP contribution in [0.5, 0.6) is 0 Å². The van der Waals surface area contributed by atoms with E-state index in [4.69, 9.17) is 15.4 Å². The van der Waals surface area contributed by atoms with E-state index < -0.39 is 18.0 Å². The third kappa shape index (κ3) is 3.75. The zero-order chi connectivity index (χ0) is 19.4. The molecule has 0 radical (unpaired) electrons. The molecule has 0 unspecified atom stereocenters. The highest BCUT2D eigenvalue weighted by Gasteiger charge is 2.32. The molecule has 1 amide bonds. The van der Waals surface area contributed by atoms with Gasteiger partial charge in [0.2, 0.25) is 5.84 Å². The lowest BCUT2D eigenvalue weighted by Crippen LogP contribution is -2.25. The lowest BCUT2D eigenvalue weighted by molar-refractivity contribution is 0.0963. The molecule has 1 aliphatic rings. The summed E-state index contributed by atoms with van der Waals surface area (Å²) in [5, 5.41) is 16.2. The van der Waals surface area contributed by atoms with Crippen LogP contribution in [0.15, 0.2) is 46.7 Å². The van der Waals surface area contributed by atoms with Crippen LogP contribution in [0.25, 0.3) is 11.1 Å². The third-order valence-corrected chi connectivity index (χ3v) is 3.97. The summed E-state index contributed by atoms with van der Waals surface area (Å²) in [5.74, 6) is -0.428. The Kier molecular flexibility index (Phi) is 5.36. The number of hydrazone groups is 1. The average Bonchev–Trinajstić information content (AvgIpc) is 3.07. The number of nitrogens with zero attached hydrogens (tertiary/aromatic N) is 4. The molecule has 1 aromatic carbocycles. The van der Waals surface area contributed by atoms with Gasteiger partial charge in [-0.25, -0.2) is 14.7 Å². The Labute approximate surface area is 154 Å². The van der Waals surface area contributed by atoms with Gasteiger partial charge in [0.1, 0.15) is 17.6 Å². The first-order valence-corrected chi connectivity index (χ1v) is 8.04. The number of carbonyl (C=O) groups excluding carboxylic acids is 1. The fraction of sp³-hybridized carbons (Fsp3) is 0.235. The lowest BCUT2D eigenvalue weighted by atomic mass is 10.1. The summed E-state index contributed by atoms with van der Waals surface area (Å²) in [5.41, 5.74) is 11.2. The van der Waals surface area contributed by atoms with Crippen molar-refractivity contribution >= 4 is 17.6 Å². The van der Waals surface area contributed by atoms with E-state index in [0.717, 1.165) is 0 Å². The highest BCUT2D eigenvalue weighted by molar-refractivity contribution is 5.97. The molecule has 9 nitrogen and oxygen atoms in total. The van der Waals surface area contributed by atoms with E-state index in [1.807, 2.05) is 0 Å². The number of aliphatic hydroxyl groups excluding tert-OH is 1. The predicted molar refractivity (Wildman–Crippen MR) is 95.1 cm³/mol. The molecular formula is C17H17FN6O3. The van der Waals surface area contributed by atoms with Gasteiger partial charge in [-0.2, -0.15) is 5.10 Å². The lowest BCUT2D eigenvalue weighted by Gasteiger charge is -2.14. The number of halogens is 1. The van der Waals surface area contributed by atoms with Gasteiger partial charge in [0.15, 0.2) is 0 Å². The first-order valence-electron chi connectivity index (χ1n) is 8.04. The maximum atomic E-state index is 14.6. The van der Waals surface area contributed by atoms with Crippen molar-refractivity contribution in [1.29, 1.82) is 5.53 Å². The largest absolute Gasteiger partial charge is 0.441 e. The number of amides is 1. The molecule has 1 aromatic heterocycles. The Morgan fingerprint density at radius 3 is 2.85 bits per heavy atom. The zero-order valence-electron chi connectivity index (χ0n) is 14.4. The van der Waals surface area contributed by atoms with E-state index in [-0.39, 0.29) is 19.0 Å². The van der Waals surface area contributed by atoms with Crippen LogP contribution >= 0.6 is 0 Å². The van der Waals surface area contributed by atoms with Crippen molar-refractivity contribution in [3.8, 4) is 11.1 Å². The van der Waals surface area contributed by atoms with Gasteiger partial charge in [-0.15, -0.1) is 5.11 Å². The molecule has 0 aliphatic carbocycles. The van der Waals surface area contributed by atoms with E-state index in [9.17, 15) is 9.18 Å². The smallest absolute Gasteiger partial charge is 0.414 e. The summed E-state index contributed by atoms with van der Waals surface area (Å²) in [6.45, 7) is -0.126. The molecular weight excluding hydrogens is 355 g/mol. The van der Waals surface area contributed by atoms with Crippen LogP contribution in [0, 0.1) is 11.3 Å². The predicted octanol–water partition coefficient (Wildman–Crippen LogP) is 2.12. The van der Waals surface area contributed by atoms with Crippen LogP contribution in [0.2, 0.25) is 0 Å². The fourth-order valence-corrected chi connectivity index (χ4v) is 2.66. The number of amidine groups is 1. The molecule has 1 saturated heterocycles. The minimum absolute atomic E-state index is 0.103. The number of aliphatic hydroxyl groups is 1. The molecule has 1 aliphatic heterocycles. The number of aromatic nitrogens is 1. The monoisotopic (exact) mass is 372 g/mol. The van der Waals surface area contributed by atoms with Gasteiger partial charge in [0, 0.05) is 24.4 Å². The second kappa shape index (κ2) is 7.87. The number of hydrogen-bond acceptors (Lipinski definition) is 7. The topological polar surface area (TPSA) is 123 Å². The molecule has 140 valence electrons. The van der Waals surface area contributed by atoms with Gasteiger partial charge in [-0.3, -0.25) is 9.88 Å². The van der Waals surface area contributed by atoms with E-state index in [2.05, 4.69) is 20.6 Å². The summed E-state index contributed by atoms with van der Waals surface area (Å²) in [7, 11) is 1.58. The maximum absolute atomic E-state index is 14.6. The van der Waals surface area contributed by atoms with Crippen LogP contribution in [0.3, 0.4) is 0 Å². The fourth-order valence-electron chi connectivity index (χ4n) is 2.66. The highest BCUT2D eigenvalue weighted by atomic mass is 19.1. The Bertz CT molecular complexity index is 887. The molecule has 1 atom stereocenters. The minimum atomic E-state index is -0.622. The molecule has 0 saturated carbocycles. The van der Waals surface area contributed by atoms with E-state index >= 15 is 0 Å². The minimum Gasteiger partial charge on any atom is -0.441 e. The molecule has 2 aromatic rings. The number of hydrogen-bond donors (Lipinski definition) is 3. The summed E-state index contributed by atoms with van der Waals surface area (Å²) in [6.07, 6.45) is 0.214. The highest BCUT2D eigenvalue weighted by Crippen LogP contribution is 2.28. The van der Waals surface area contributed by atoms with E-state index in [0.29, 0.717) is 22.5 Å². The van der Waals surface area contributed by atoms with Crippen LogP contribution in [-0.2, 0) is 4.74 Å². The normalized spacial score (nSPS) is 17.0. The summed E-state index contributed by atoms with van der Waals surface area (Å²) >= 11 is 0. The van der Waals surface area contributed by atoms with Gasteiger partial charge in [-0.1, -0.05) is 6.07 Å². The van der Waals surface area contributed by atoms with Gasteiger partial charge >= 0.3 is 6.09 Å². The van der Waals surface area contributed by atoms with Crippen molar-refractivity contribution in [3.05, 3.63) is 48.0 Å². The Morgan fingerprint density at radius 1 is 1.48 bits per heavy atom. The average molecular weight is 372 g/mol. The first-order chi connectivity index (χ1) is 13.1. The molecule has 3 N–H and O–H groups in total. The van der Waals surface area contributed by atoms with E-state index in [1.54, 1.807) is 31.3 Å². The molecule has 27 heavy (non-hydrogen) atoms. The van der Waals surface area contributed by atoms with Crippen molar-refractivity contribution in [3.63, 3.8) is 0 Å². The molecule has 10 heteroatoms. The Hall–Kier alpha value is -3.40. The van der Waals surface area contributed by atoms with Crippen molar-refractivity contribution in [2.24, 2.45) is 10.2 Å². The van der Waals surface area contributed by atoms with Crippen LogP contribution in [0.4, 0.5) is 14.9 Å². The van der Waals surface area contributed by atoms with Crippen molar-refractivity contribution < 1.29 is 19.0 Å². The number of carbonyl (C=O) groups is 1. The van der Waals surface area contributed by atoms with Crippen molar-refractivity contribution in [2.45, 2.75) is 6.10 Å². The van der Waals surface area contributed by atoms with Crippen LogP contribution < -0.4 is 10.3 Å². The third-order valence-electron chi connectivity index (χ3n) is 3.97. The second-order valence-corrected chi connectivity index (χ2v) is 5.67. The van der Waals surface area contributed by atoms with Gasteiger partial charge in [-0.05, 0) is 24.3 Å². The first kappa shape index (κ1) is 18.4. The summed E-state index contributed by atoms with van der Waals surface area (Å²) in [6, 6.07) is 7.60. The number of cyclic esters (lactones) is 1. The quantitative estimate of drug-likeness (QED) is 0.321. The number of nitrogens with one attached hydrogen (secondary N) is 2. The summed E-state index contributed by atoms with van der Waals surface area (Å²) < 4.78 is 19.6. The number of benzene rings is 1. The summed E-state index contributed by atoms with van der Waals surface area (Å²) in [4.78, 5) is 17.2. The number of anilines is 1. The van der Waals surface area contributed by atoms with Gasteiger partial charge in [0.25, 0.3) is 0 Å². The molecule has 2 heterocycles. The molecule has 1 fully saturated rings. The van der Waals surface area contributed by atoms with Crippen molar-refractivity contribution in [1.82, 2.24) is 10.4 Å². The second-order valence-electron chi connectivity index (χ2n) is 5.67. The van der Waals surface area contributed by atoms with E-state index in [1.165, 1.54) is 17.2 Å². The van der Waals surface area contributed by atoms with Crippen LogP contribution in [-0.4, -0.2) is 48.3 Å². The molecule has 0 spiro atoms. The van der Waals surface area contributed by atoms with Gasteiger partial charge in [0.05, 0.1) is 18.8 Å². The SMILES string of the molecule is CN/N=C(\N=N)c1ccc(-c2ccc(N3C[C@H](CO)OC3=O)cc2F)cn1. The molecule has 0 bridgehead atoms. The number of ether oxygens (including phenoxy) is 1. The number of rotatable bonds is 5. The van der Waals surface area contributed by atoms with Gasteiger partial charge < -0.3 is 15.3 Å². The van der Waals surface area contributed by atoms with Crippen molar-refractivity contribution in [2.75, 3.05) is 25.1 Å². The Balaban J connectivity index is 1.85. The number of pyridine rings is 1.